The fourth-order valence-corrected chi connectivity index (χ4v) is 4.55. The van der Waals surface area contributed by atoms with E-state index in [9.17, 15) is 13.2 Å². The number of benzene rings is 1. The molecule has 0 radical (unpaired) electrons. The SMILES string of the molecule is NC(=O)c1cnn(C2CN(S(=O)(=O)c3cccc4cccnc34)C2)c1. The van der Waals surface area contributed by atoms with Gasteiger partial charge in [0, 0.05) is 30.9 Å². The molecule has 128 valence electrons. The van der Waals surface area contributed by atoms with Crippen LogP contribution in [0.3, 0.4) is 0 Å². The van der Waals surface area contributed by atoms with Crippen LogP contribution in [0.1, 0.15) is 16.4 Å². The average molecular weight is 357 g/mol. The average Bonchev–Trinajstić information content (AvgIpc) is 3.02. The molecule has 1 aliphatic heterocycles. The van der Waals surface area contributed by atoms with Crippen LogP contribution < -0.4 is 5.73 Å². The Labute approximate surface area is 143 Å². The van der Waals surface area contributed by atoms with Gasteiger partial charge in [-0.1, -0.05) is 18.2 Å². The number of amides is 1. The smallest absolute Gasteiger partial charge is 0.251 e. The third kappa shape index (κ3) is 2.57. The van der Waals surface area contributed by atoms with Gasteiger partial charge < -0.3 is 5.73 Å². The number of carbonyl (C=O) groups is 1. The van der Waals surface area contributed by atoms with E-state index in [0.29, 0.717) is 11.1 Å². The summed E-state index contributed by atoms with van der Waals surface area (Å²) < 4.78 is 28.8. The predicted molar refractivity (Wildman–Crippen MR) is 90.3 cm³/mol. The molecule has 1 aromatic carbocycles. The second-order valence-electron chi connectivity index (χ2n) is 5.88. The van der Waals surface area contributed by atoms with Crippen LogP contribution in [0.4, 0.5) is 0 Å². The predicted octanol–water partition coefficient (Wildman–Crippen LogP) is 0.776. The van der Waals surface area contributed by atoms with Crippen LogP contribution in [0, 0.1) is 0 Å². The third-order valence-corrected chi connectivity index (χ3v) is 6.17. The molecule has 8 nitrogen and oxygen atoms in total. The number of para-hydroxylation sites is 1. The lowest BCUT2D eigenvalue weighted by molar-refractivity contribution is 0.0999. The number of nitrogens with zero attached hydrogens (tertiary/aromatic N) is 4. The maximum Gasteiger partial charge on any atom is 0.251 e. The zero-order valence-corrected chi connectivity index (χ0v) is 13.9. The van der Waals surface area contributed by atoms with Crippen LogP contribution in [-0.4, -0.2) is 46.5 Å². The highest BCUT2D eigenvalue weighted by molar-refractivity contribution is 7.89. The lowest BCUT2D eigenvalue weighted by Crippen LogP contribution is -2.50. The summed E-state index contributed by atoms with van der Waals surface area (Å²) in [6.45, 7) is 0.566. The normalized spacial score (nSPS) is 16.0. The Hall–Kier alpha value is -2.78. The van der Waals surface area contributed by atoms with Crippen LogP contribution in [0.5, 0.6) is 0 Å². The Morgan fingerprint density at radius 2 is 1.96 bits per heavy atom. The van der Waals surface area contributed by atoms with Gasteiger partial charge in [-0.15, -0.1) is 0 Å². The minimum atomic E-state index is -3.64. The summed E-state index contributed by atoms with van der Waals surface area (Å²) in [6, 6.07) is 8.58. The number of carbonyl (C=O) groups excluding carboxylic acids is 1. The lowest BCUT2D eigenvalue weighted by atomic mass is 10.2. The van der Waals surface area contributed by atoms with Gasteiger partial charge in [0.05, 0.1) is 23.3 Å². The second-order valence-corrected chi connectivity index (χ2v) is 7.79. The fraction of sp³-hybridized carbons (Fsp3) is 0.188. The van der Waals surface area contributed by atoms with Crippen LogP contribution in [-0.2, 0) is 10.0 Å². The molecule has 25 heavy (non-hydrogen) atoms. The molecular weight excluding hydrogens is 342 g/mol. The van der Waals surface area contributed by atoms with Gasteiger partial charge in [-0.2, -0.15) is 9.40 Å². The van der Waals surface area contributed by atoms with Gasteiger partial charge in [0.1, 0.15) is 4.90 Å². The van der Waals surface area contributed by atoms with Gasteiger partial charge in [-0.05, 0) is 12.1 Å². The van der Waals surface area contributed by atoms with Crippen molar-refractivity contribution in [3.63, 3.8) is 0 Å². The van der Waals surface area contributed by atoms with Crippen LogP contribution >= 0.6 is 0 Å². The fourth-order valence-electron chi connectivity index (χ4n) is 2.87. The number of pyridine rings is 1. The zero-order valence-electron chi connectivity index (χ0n) is 13.1. The summed E-state index contributed by atoms with van der Waals surface area (Å²) >= 11 is 0. The summed E-state index contributed by atoms with van der Waals surface area (Å²) in [5, 5.41) is 4.86. The quantitative estimate of drug-likeness (QED) is 0.741. The van der Waals surface area contributed by atoms with Gasteiger partial charge in [-0.3, -0.25) is 14.5 Å². The van der Waals surface area contributed by atoms with Crippen LogP contribution in [0.15, 0.2) is 53.8 Å². The van der Waals surface area contributed by atoms with Crippen molar-refractivity contribution in [1.29, 1.82) is 0 Å². The Kier molecular flexibility index (Phi) is 3.55. The minimum Gasteiger partial charge on any atom is -0.366 e. The Bertz CT molecular complexity index is 1060. The van der Waals surface area contributed by atoms with E-state index >= 15 is 0 Å². The summed E-state index contributed by atoms with van der Waals surface area (Å²) in [5.41, 5.74) is 5.97. The van der Waals surface area contributed by atoms with Gasteiger partial charge in [0.2, 0.25) is 10.0 Å². The van der Waals surface area contributed by atoms with Gasteiger partial charge >= 0.3 is 0 Å². The summed E-state index contributed by atoms with van der Waals surface area (Å²) in [7, 11) is -3.64. The highest BCUT2D eigenvalue weighted by atomic mass is 32.2. The van der Waals surface area contributed by atoms with Crippen molar-refractivity contribution in [3.8, 4) is 0 Å². The number of sulfonamides is 1. The molecule has 2 N–H and O–H groups in total. The molecule has 0 atom stereocenters. The molecule has 0 aliphatic carbocycles. The monoisotopic (exact) mass is 357 g/mol. The first-order chi connectivity index (χ1) is 12.0. The maximum absolute atomic E-state index is 12.9. The Morgan fingerprint density at radius 3 is 2.68 bits per heavy atom. The van der Waals surface area contributed by atoms with Crippen molar-refractivity contribution < 1.29 is 13.2 Å². The number of aromatic nitrogens is 3. The summed E-state index contributed by atoms with van der Waals surface area (Å²) in [4.78, 5) is 15.5. The molecule has 3 heterocycles. The first kappa shape index (κ1) is 15.7. The topological polar surface area (TPSA) is 111 Å². The number of rotatable bonds is 4. The molecule has 4 rings (SSSR count). The first-order valence-electron chi connectivity index (χ1n) is 7.64. The molecule has 9 heteroatoms. The zero-order chi connectivity index (χ0) is 17.6. The Morgan fingerprint density at radius 1 is 1.20 bits per heavy atom. The van der Waals surface area contributed by atoms with Crippen molar-refractivity contribution >= 4 is 26.8 Å². The van der Waals surface area contributed by atoms with Crippen LogP contribution in [0.2, 0.25) is 0 Å². The number of primary amides is 1. The second kappa shape index (κ2) is 5.64. The van der Waals surface area contributed by atoms with Crippen molar-refractivity contribution in [2.75, 3.05) is 13.1 Å². The number of hydrogen-bond donors (Lipinski definition) is 1. The number of hydrogen-bond acceptors (Lipinski definition) is 5. The molecule has 2 aromatic heterocycles. The molecule has 1 aliphatic rings. The van der Waals surface area contributed by atoms with Crippen LogP contribution in [0.25, 0.3) is 10.9 Å². The standard InChI is InChI=1S/C16H15N5O3S/c17-16(22)12-7-19-21(8-12)13-9-20(10-13)25(23,24)14-5-1-3-11-4-2-6-18-15(11)14/h1-8,13H,9-10H2,(H2,17,22). The lowest BCUT2D eigenvalue weighted by Gasteiger charge is -2.38. The number of fused-ring (bicyclic) bond motifs is 1. The molecule has 3 aromatic rings. The highest BCUT2D eigenvalue weighted by Crippen LogP contribution is 2.30. The van der Waals surface area contributed by atoms with E-state index in [4.69, 9.17) is 5.73 Å². The van der Waals surface area contributed by atoms with E-state index in [-0.39, 0.29) is 24.0 Å². The van der Waals surface area contributed by atoms with E-state index in [2.05, 4.69) is 10.1 Å². The van der Waals surface area contributed by atoms with E-state index < -0.39 is 15.9 Å². The molecule has 0 spiro atoms. The molecule has 0 unspecified atom stereocenters. The van der Waals surface area contributed by atoms with Gasteiger partial charge in [0.25, 0.3) is 5.91 Å². The molecule has 1 fully saturated rings. The van der Waals surface area contributed by atoms with E-state index in [1.165, 1.54) is 16.7 Å². The van der Waals surface area contributed by atoms with Crippen molar-refractivity contribution in [2.45, 2.75) is 10.9 Å². The summed E-state index contributed by atoms with van der Waals surface area (Å²) in [6.07, 6.45) is 4.50. The molecule has 0 bridgehead atoms. The Balaban J connectivity index is 1.59. The molecule has 0 saturated carbocycles. The molecule has 1 amide bonds. The van der Waals surface area contributed by atoms with Crippen molar-refractivity contribution in [3.05, 3.63) is 54.5 Å². The van der Waals surface area contributed by atoms with Crippen molar-refractivity contribution in [1.82, 2.24) is 19.1 Å². The maximum atomic E-state index is 12.9. The third-order valence-electron chi connectivity index (χ3n) is 4.30. The van der Waals surface area contributed by atoms with Gasteiger partial charge in [-0.25, -0.2) is 8.42 Å². The van der Waals surface area contributed by atoms with E-state index in [1.54, 1.807) is 29.1 Å². The minimum absolute atomic E-state index is 0.120. The molecular formula is C16H15N5O3S. The first-order valence-corrected chi connectivity index (χ1v) is 9.08. The molecule has 1 saturated heterocycles. The largest absolute Gasteiger partial charge is 0.366 e. The van der Waals surface area contributed by atoms with E-state index in [1.807, 2.05) is 12.1 Å². The van der Waals surface area contributed by atoms with Crippen molar-refractivity contribution in [2.24, 2.45) is 5.73 Å². The summed E-state index contributed by atoms with van der Waals surface area (Å²) in [5.74, 6) is -0.558. The van der Waals surface area contributed by atoms with Gasteiger partial charge in [0.15, 0.2) is 0 Å². The number of nitrogens with two attached hydrogens (primary N) is 1. The highest BCUT2D eigenvalue weighted by Gasteiger charge is 2.39. The van der Waals surface area contributed by atoms with E-state index in [0.717, 1.165) is 5.39 Å².